The number of anilines is 1. The Balaban J connectivity index is 2.54. The summed E-state index contributed by atoms with van der Waals surface area (Å²) in [6.45, 7) is 0.0885. The third-order valence-corrected chi connectivity index (χ3v) is 2.08. The zero-order chi connectivity index (χ0) is 8.97. The first-order valence-electron chi connectivity index (χ1n) is 3.45. The molecule has 1 rings (SSSR count). The standard InChI is InChI=1S/C7H10N2O2S/c8-3-6(7(10)11)9-5-1-2-12-4-5/h1-2,4,6,9H,3,8H2,(H,10,11)/t6-/m0/s1. The summed E-state index contributed by atoms with van der Waals surface area (Å²) in [5.74, 6) is -0.927. The molecule has 12 heavy (non-hydrogen) atoms. The maximum atomic E-state index is 10.5. The molecule has 0 fully saturated rings. The SMILES string of the molecule is NC[C@H](Nc1ccsc1)C(=O)O. The van der Waals surface area contributed by atoms with E-state index in [4.69, 9.17) is 10.8 Å². The van der Waals surface area contributed by atoms with Crippen molar-refractivity contribution in [2.75, 3.05) is 11.9 Å². The molecular weight excluding hydrogens is 176 g/mol. The Bertz CT molecular complexity index is 248. The van der Waals surface area contributed by atoms with E-state index >= 15 is 0 Å². The van der Waals surface area contributed by atoms with Crippen molar-refractivity contribution in [3.8, 4) is 0 Å². The van der Waals surface area contributed by atoms with Gasteiger partial charge >= 0.3 is 5.97 Å². The minimum atomic E-state index is -0.927. The summed E-state index contributed by atoms with van der Waals surface area (Å²) in [6.07, 6.45) is 0. The average molecular weight is 186 g/mol. The van der Waals surface area contributed by atoms with Crippen LogP contribution in [0.3, 0.4) is 0 Å². The van der Waals surface area contributed by atoms with Gasteiger partial charge in [-0.3, -0.25) is 0 Å². The average Bonchev–Trinajstić information content (AvgIpc) is 2.51. The van der Waals surface area contributed by atoms with Gasteiger partial charge in [-0.15, -0.1) is 0 Å². The lowest BCUT2D eigenvalue weighted by atomic mass is 10.3. The Kier molecular flexibility index (Phi) is 3.07. The van der Waals surface area contributed by atoms with E-state index in [2.05, 4.69) is 5.32 Å². The number of nitrogens with two attached hydrogens (primary N) is 1. The Morgan fingerprint density at radius 3 is 3.00 bits per heavy atom. The van der Waals surface area contributed by atoms with E-state index in [9.17, 15) is 4.79 Å². The molecule has 66 valence electrons. The molecule has 4 N–H and O–H groups in total. The van der Waals surface area contributed by atoms with E-state index in [1.807, 2.05) is 16.8 Å². The lowest BCUT2D eigenvalue weighted by molar-refractivity contribution is -0.137. The van der Waals surface area contributed by atoms with Crippen LogP contribution in [0.5, 0.6) is 0 Å². The highest BCUT2D eigenvalue weighted by atomic mass is 32.1. The van der Waals surface area contributed by atoms with Crippen molar-refractivity contribution in [2.45, 2.75) is 6.04 Å². The second kappa shape index (κ2) is 4.08. The molecule has 0 spiro atoms. The van der Waals surface area contributed by atoms with E-state index in [1.165, 1.54) is 11.3 Å². The van der Waals surface area contributed by atoms with Crippen LogP contribution in [-0.4, -0.2) is 23.7 Å². The van der Waals surface area contributed by atoms with Crippen LogP contribution in [0, 0.1) is 0 Å². The molecule has 4 nitrogen and oxygen atoms in total. The zero-order valence-corrected chi connectivity index (χ0v) is 7.17. The lowest BCUT2D eigenvalue weighted by Crippen LogP contribution is -2.36. The van der Waals surface area contributed by atoms with E-state index in [0.29, 0.717) is 0 Å². The van der Waals surface area contributed by atoms with Crippen molar-refractivity contribution in [2.24, 2.45) is 5.73 Å². The highest BCUT2D eigenvalue weighted by Gasteiger charge is 2.14. The minimum Gasteiger partial charge on any atom is -0.480 e. The summed E-state index contributed by atoms with van der Waals surface area (Å²) < 4.78 is 0. The smallest absolute Gasteiger partial charge is 0.327 e. The number of carbonyl (C=O) groups is 1. The van der Waals surface area contributed by atoms with Gasteiger partial charge in [-0.25, -0.2) is 4.79 Å². The van der Waals surface area contributed by atoms with Crippen LogP contribution < -0.4 is 11.1 Å². The zero-order valence-electron chi connectivity index (χ0n) is 6.36. The van der Waals surface area contributed by atoms with Crippen molar-refractivity contribution in [3.63, 3.8) is 0 Å². The minimum absolute atomic E-state index is 0.0885. The van der Waals surface area contributed by atoms with Crippen LogP contribution in [0.25, 0.3) is 0 Å². The molecule has 0 radical (unpaired) electrons. The van der Waals surface area contributed by atoms with Gasteiger partial charge in [-0.2, -0.15) is 11.3 Å². The predicted molar refractivity (Wildman–Crippen MR) is 48.4 cm³/mol. The van der Waals surface area contributed by atoms with Gasteiger partial charge in [-0.05, 0) is 11.4 Å². The molecule has 0 bridgehead atoms. The number of thiophene rings is 1. The third-order valence-electron chi connectivity index (χ3n) is 1.40. The maximum Gasteiger partial charge on any atom is 0.327 e. The molecular formula is C7H10N2O2S. The summed E-state index contributed by atoms with van der Waals surface area (Å²) >= 11 is 1.51. The molecule has 1 heterocycles. The number of nitrogens with one attached hydrogen (secondary N) is 1. The van der Waals surface area contributed by atoms with E-state index in [1.54, 1.807) is 0 Å². The van der Waals surface area contributed by atoms with Crippen LogP contribution in [0.15, 0.2) is 16.8 Å². The molecule has 1 aromatic heterocycles. The molecule has 1 aromatic rings. The number of carboxylic acid groups (broad SMARTS) is 1. The van der Waals surface area contributed by atoms with E-state index in [-0.39, 0.29) is 6.54 Å². The van der Waals surface area contributed by atoms with Crippen molar-refractivity contribution >= 4 is 23.0 Å². The normalized spacial score (nSPS) is 12.4. The maximum absolute atomic E-state index is 10.5. The molecule has 0 saturated carbocycles. The van der Waals surface area contributed by atoms with Gasteiger partial charge in [0.25, 0.3) is 0 Å². The molecule has 5 heteroatoms. The predicted octanol–water partition coefficient (Wildman–Crippen LogP) is 0.572. The van der Waals surface area contributed by atoms with Gasteiger partial charge < -0.3 is 16.2 Å². The molecule has 0 amide bonds. The highest BCUT2D eigenvalue weighted by Crippen LogP contribution is 2.12. The Morgan fingerprint density at radius 2 is 2.58 bits per heavy atom. The summed E-state index contributed by atoms with van der Waals surface area (Å²) in [4.78, 5) is 10.5. The highest BCUT2D eigenvalue weighted by molar-refractivity contribution is 7.08. The summed E-state index contributed by atoms with van der Waals surface area (Å²) in [6, 6.07) is 1.12. The van der Waals surface area contributed by atoms with Gasteiger partial charge in [0.2, 0.25) is 0 Å². The van der Waals surface area contributed by atoms with Crippen LogP contribution in [0.1, 0.15) is 0 Å². The summed E-state index contributed by atoms with van der Waals surface area (Å²) in [5, 5.41) is 15.1. The second-order valence-corrected chi connectivity index (χ2v) is 3.06. The first kappa shape index (κ1) is 9.02. The van der Waals surface area contributed by atoms with Crippen molar-refractivity contribution in [3.05, 3.63) is 16.8 Å². The largest absolute Gasteiger partial charge is 0.480 e. The number of aliphatic carboxylic acids is 1. The number of hydrogen-bond acceptors (Lipinski definition) is 4. The van der Waals surface area contributed by atoms with Crippen LogP contribution >= 0.6 is 11.3 Å². The van der Waals surface area contributed by atoms with E-state index in [0.717, 1.165) is 5.69 Å². The number of carboxylic acids is 1. The van der Waals surface area contributed by atoms with Crippen molar-refractivity contribution in [1.82, 2.24) is 0 Å². The van der Waals surface area contributed by atoms with Crippen LogP contribution in [0.4, 0.5) is 5.69 Å². The van der Waals surface area contributed by atoms with Gasteiger partial charge in [0.05, 0.1) is 0 Å². The van der Waals surface area contributed by atoms with Crippen LogP contribution in [-0.2, 0) is 4.79 Å². The molecule has 0 aliphatic carbocycles. The lowest BCUT2D eigenvalue weighted by Gasteiger charge is -2.11. The van der Waals surface area contributed by atoms with Gasteiger partial charge in [0.1, 0.15) is 6.04 Å². The van der Waals surface area contributed by atoms with Gasteiger partial charge in [0, 0.05) is 17.6 Å². The molecule has 0 aliphatic rings. The number of hydrogen-bond donors (Lipinski definition) is 3. The molecule has 0 aliphatic heterocycles. The fourth-order valence-corrected chi connectivity index (χ4v) is 1.37. The molecule has 0 unspecified atom stereocenters. The Hall–Kier alpha value is -1.07. The van der Waals surface area contributed by atoms with Crippen molar-refractivity contribution in [1.29, 1.82) is 0 Å². The molecule has 0 saturated heterocycles. The Morgan fingerprint density at radius 1 is 1.83 bits per heavy atom. The van der Waals surface area contributed by atoms with Crippen molar-refractivity contribution < 1.29 is 9.90 Å². The summed E-state index contributed by atoms with van der Waals surface area (Å²) in [7, 11) is 0. The first-order chi connectivity index (χ1) is 5.74. The Labute approximate surface area is 74.0 Å². The van der Waals surface area contributed by atoms with Gasteiger partial charge in [0.15, 0.2) is 0 Å². The molecule has 0 aromatic carbocycles. The monoisotopic (exact) mass is 186 g/mol. The van der Waals surface area contributed by atoms with Gasteiger partial charge in [-0.1, -0.05) is 0 Å². The topological polar surface area (TPSA) is 75.3 Å². The fraction of sp³-hybridized carbons (Fsp3) is 0.286. The first-order valence-corrected chi connectivity index (χ1v) is 4.40. The third kappa shape index (κ3) is 2.21. The fourth-order valence-electron chi connectivity index (χ4n) is 0.769. The summed E-state index contributed by atoms with van der Waals surface area (Å²) in [5.41, 5.74) is 6.05. The quantitative estimate of drug-likeness (QED) is 0.642. The number of rotatable bonds is 4. The molecule has 1 atom stereocenters. The second-order valence-electron chi connectivity index (χ2n) is 2.28. The van der Waals surface area contributed by atoms with E-state index < -0.39 is 12.0 Å². The van der Waals surface area contributed by atoms with Crippen LogP contribution in [0.2, 0.25) is 0 Å².